The average molecular weight is 264 g/mol. The molecule has 1 unspecified atom stereocenters. The zero-order chi connectivity index (χ0) is 13.5. The Balaban J connectivity index is 1.85. The molecule has 0 spiro atoms. The summed E-state index contributed by atoms with van der Waals surface area (Å²) in [6.07, 6.45) is 4.82. The second kappa shape index (κ2) is 7.51. The van der Waals surface area contributed by atoms with Crippen LogP contribution in [-0.2, 0) is 11.2 Å². The molecule has 0 heterocycles. The van der Waals surface area contributed by atoms with Gasteiger partial charge in [0.1, 0.15) is 12.4 Å². The van der Waals surface area contributed by atoms with Crippen molar-refractivity contribution in [2.24, 2.45) is 0 Å². The maximum Gasteiger partial charge on any atom is 0.122 e. The molecule has 0 saturated carbocycles. The fourth-order valence-electron chi connectivity index (χ4n) is 2.48. The zero-order valence-electron chi connectivity index (χ0n) is 11.7. The van der Waals surface area contributed by atoms with E-state index in [0.29, 0.717) is 13.2 Å². The van der Waals surface area contributed by atoms with Crippen molar-refractivity contribution in [1.82, 2.24) is 0 Å². The molecular weight excluding hydrogens is 240 g/mol. The summed E-state index contributed by atoms with van der Waals surface area (Å²) < 4.78 is 11.3. The predicted octanol–water partition coefficient (Wildman–Crippen LogP) is 3.25. The van der Waals surface area contributed by atoms with E-state index in [2.05, 4.69) is 6.92 Å². The SMILES string of the molecule is CCCCOCCOc1cccc2c1CCCC2O. The lowest BCUT2D eigenvalue weighted by Gasteiger charge is -2.23. The van der Waals surface area contributed by atoms with E-state index in [4.69, 9.17) is 9.47 Å². The van der Waals surface area contributed by atoms with E-state index in [1.807, 2.05) is 18.2 Å². The standard InChI is InChI=1S/C16H24O3/c1-2-3-10-18-11-12-19-16-9-5-6-13-14(16)7-4-8-15(13)17/h5-6,9,15,17H,2-4,7-8,10-12H2,1H3. The number of rotatable bonds is 7. The van der Waals surface area contributed by atoms with Crippen LogP contribution in [0.5, 0.6) is 5.75 Å². The van der Waals surface area contributed by atoms with Crippen LogP contribution in [0.1, 0.15) is 49.8 Å². The molecular formula is C16H24O3. The van der Waals surface area contributed by atoms with Gasteiger partial charge >= 0.3 is 0 Å². The summed E-state index contributed by atoms with van der Waals surface area (Å²) in [5, 5.41) is 9.97. The van der Waals surface area contributed by atoms with Crippen LogP contribution >= 0.6 is 0 Å². The van der Waals surface area contributed by atoms with Crippen LogP contribution in [0, 0.1) is 0 Å². The predicted molar refractivity (Wildman–Crippen MR) is 75.6 cm³/mol. The van der Waals surface area contributed by atoms with Gasteiger partial charge in [-0.25, -0.2) is 0 Å². The number of unbranched alkanes of at least 4 members (excludes halogenated alkanes) is 1. The van der Waals surface area contributed by atoms with Gasteiger partial charge in [-0.3, -0.25) is 0 Å². The van der Waals surface area contributed by atoms with Gasteiger partial charge in [0, 0.05) is 6.61 Å². The van der Waals surface area contributed by atoms with E-state index in [1.165, 1.54) is 5.56 Å². The number of aliphatic hydroxyl groups is 1. The summed E-state index contributed by atoms with van der Waals surface area (Å²) >= 11 is 0. The third-order valence-electron chi connectivity index (χ3n) is 3.56. The van der Waals surface area contributed by atoms with Crippen molar-refractivity contribution in [3.8, 4) is 5.75 Å². The van der Waals surface area contributed by atoms with Crippen LogP contribution in [0.15, 0.2) is 18.2 Å². The Hall–Kier alpha value is -1.06. The third kappa shape index (κ3) is 3.95. The molecule has 1 aromatic carbocycles. The van der Waals surface area contributed by atoms with Crippen LogP contribution in [0.3, 0.4) is 0 Å². The molecule has 0 bridgehead atoms. The van der Waals surface area contributed by atoms with Crippen molar-refractivity contribution in [2.75, 3.05) is 19.8 Å². The fraction of sp³-hybridized carbons (Fsp3) is 0.625. The zero-order valence-corrected chi connectivity index (χ0v) is 11.7. The molecule has 106 valence electrons. The lowest BCUT2D eigenvalue weighted by Crippen LogP contribution is -2.13. The van der Waals surface area contributed by atoms with Gasteiger partial charge in [0.25, 0.3) is 0 Å². The molecule has 3 nitrogen and oxygen atoms in total. The summed E-state index contributed by atoms with van der Waals surface area (Å²) in [7, 11) is 0. The normalized spacial score (nSPS) is 18.1. The van der Waals surface area contributed by atoms with Crippen molar-refractivity contribution < 1.29 is 14.6 Å². The molecule has 1 aliphatic carbocycles. The highest BCUT2D eigenvalue weighted by atomic mass is 16.5. The minimum Gasteiger partial charge on any atom is -0.491 e. The molecule has 1 aromatic rings. The average Bonchev–Trinajstić information content (AvgIpc) is 2.43. The molecule has 0 radical (unpaired) electrons. The molecule has 1 atom stereocenters. The Labute approximate surface area is 115 Å². The van der Waals surface area contributed by atoms with Gasteiger partial charge < -0.3 is 14.6 Å². The van der Waals surface area contributed by atoms with Crippen molar-refractivity contribution in [3.05, 3.63) is 29.3 Å². The lowest BCUT2D eigenvalue weighted by molar-refractivity contribution is 0.0971. The third-order valence-corrected chi connectivity index (χ3v) is 3.56. The Morgan fingerprint density at radius 1 is 1.26 bits per heavy atom. The van der Waals surface area contributed by atoms with Gasteiger partial charge in [-0.15, -0.1) is 0 Å². The van der Waals surface area contributed by atoms with Gasteiger partial charge in [0.2, 0.25) is 0 Å². The minimum atomic E-state index is -0.326. The van der Waals surface area contributed by atoms with Crippen LogP contribution in [0.4, 0.5) is 0 Å². The Kier molecular flexibility index (Phi) is 5.67. The second-order valence-corrected chi connectivity index (χ2v) is 5.05. The van der Waals surface area contributed by atoms with Crippen molar-refractivity contribution in [1.29, 1.82) is 0 Å². The van der Waals surface area contributed by atoms with Crippen LogP contribution in [-0.4, -0.2) is 24.9 Å². The summed E-state index contributed by atoms with van der Waals surface area (Å²) in [6, 6.07) is 5.95. The highest BCUT2D eigenvalue weighted by molar-refractivity contribution is 5.42. The largest absolute Gasteiger partial charge is 0.491 e. The van der Waals surface area contributed by atoms with Gasteiger partial charge in [0.15, 0.2) is 0 Å². The van der Waals surface area contributed by atoms with E-state index in [1.54, 1.807) is 0 Å². The number of benzene rings is 1. The monoisotopic (exact) mass is 264 g/mol. The smallest absolute Gasteiger partial charge is 0.122 e. The van der Waals surface area contributed by atoms with Gasteiger partial charge in [-0.1, -0.05) is 25.5 Å². The quantitative estimate of drug-likeness (QED) is 0.768. The molecule has 0 amide bonds. The minimum absolute atomic E-state index is 0.326. The molecule has 2 rings (SSSR count). The Bertz CT molecular complexity index is 390. The van der Waals surface area contributed by atoms with E-state index in [9.17, 15) is 5.11 Å². The van der Waals surface area contributed by atoms with Gasteiger partial charge in [-0.05, 0) is 42.9 Å². The Morgan fingerprint density at radius 3 is 3.00 bits per heavy atom. The van der Waals surface area contributed by atoms with Crippen LogP contribution in [0.25, 0.3) is 0 Å². The molecule has 19 heavy (non-hydrogen) atoms. The summed E-state index contributed by atoms with van der Waals surface area (Å²) in [4.78, 5) is 0. The number of ether oxygens (including phenoxy) is 2. The second-order valence-electron chi connectivity index (χ2n) is 5.05. The summed E-state index contributed by atoms with van der Waals surface area (Å²) in [5.74, 6) is 0.912. The van der Waals surface area contributed by atoms with E-state index in [0.717, 1.165) is 50.0 Å². The molecule has 1 aliphatic rings. The van der Waals surface area contributed by atoms with Gasteiger partial charge in [-0.2, -0.15) is 0 Å². The first-order valence-electron chi connectivity index (χ1n) is 7.33. The summed E-state index contributed by atoms with van der Waals surface area (Å²) in [6.45, 7) is 4.18. The number of fused-ring (bicyclic) bond motifs is 1. The van der Waals surface area contributed by atoms with Crippen LogP contribution < -0.4 is 4.74 Å². The fourth-order valence-corrected chi connectivity index (χ4v) is 2.48. The number of hydrogen-bond acceptors (Lipinski definition) is 3. The topological polar surface area (TPSA) is 38.7 Å². The maximum absolute atomic E-state index is 9.97. The van der Waals surface area contributed by atoms with E-state index < -0.39 is 0 Å². The first kappa shape index (κ1) is 14.4. The van der Waals surface area contributed by atoms with Crippen LogP contribution in [0.2, 0.25) is 0 Å². The first-order valence-corrected chi connectivity index (χ1v) is 7.33. The molecule has 3 heteroatoms. The highest BCUT2D eigenvalue weighted by Gasteiger charge is 2.20. The maximum atomic E-state index is 9.97. The highest BCUT2D eigenvalue weighted by Crippen LogP contribution is 2.35. The Morgan fingerprint density at radius 2 is 2.16 bits per heavy atom. The lowest BCUT2D eigenvalue weighted by atomic mass is 9.89. The molecule has 0 saturated heterocycles. The number of hydrogen-bond donors (Lipinski definition) is 1. The molecule has 1 N–H and O–H groups in total. The molecule has 0 aromatic heterocycles. The van der Waals surface area contributed by atoms with Crippen molar-refractivity contribution >= 4 is 0 Å². The number of aliphatic hydroxyl groups excluding tert-OH is 1. The van der Waals surface area contributed by atoms with Gasteiger partial charge in [0.05, 0.1) is 12.7 Å². The first-order chi connectivity index (χ1) is 9.33. The van der Waals surface area contributed by atoms with Crippen molar-refractivity contribution in [3.63, 3.8) is 0 Å². The summed E-state index contributed by atoms with van der Waals surface area (Å²) in [5.41, 5.74) is 2.21. The molecule has 0 fully saturated rings. The van der Waals surface area contributed by atoms with E-state index in [-0.39, 0.29) is 6.10 Å². The van der Waals surface area contributed by atoms with Crippen molar-refractivity contribution in [2.45, 2.75) is 45.1 Å². The molecule has 0 aliphatic heterocycles. The van der Waals surface area contributed by atoms with E-state index >= 15 is 0 Å².